The number of amides is 1. The molecule has 0 atom stereocenters. The molecule has 1 saturated carbocycles. The van der Waals surface area contributed by atoms with Crippen LogP contribution in [-0.2, 0) is 9.53 Å². The molecule has 7 heteroatoms. The standard InChI is InChI=1S/C14H17N3O4/c1-20-9-16-13(18)8-21-12-4-2-3-11(14(12)16)17(15-19)7-10-5-6-10/h2-4,10H,5-9H2,1H3. The predicted octanol–water partition coefficient (Wildman–Crippen LogP) is 1.91. The third kappa shape index (κ3) is 2.69. The van der Waals surface area contributed by atoms with Crippen molar-refractivity contribution in [3.05, 3.63) is 23.1 Å². The van der Waals surface area contributed by atoms with Crippen LogP contribution in [0.15, 0.2) is 23.5 Å². The van der Waals surface area contributed by atoms with Gasteiger partial charge in [0, 0.05) is 13.7 Å². The van der Waals surface area contributed by atoms with Crippen molar-refractivity contribution >= 4 is 17.3 Å². The molecule has 0 spiro atoms. The minimum absolute atomic E-state index is 0.0308. The Bertz CT molecular complexity index is 559. The molecular weight excluding hydrogens is 274 g/mol. The van der Waals surface area contributed by atoms with Gasteiger partial charge in [0.2, 0.25) is 0 Å². The number of nitrogens with zero attached hydrogens (tertiary/aromatic N) is 3. The normalized spacial score (nSPS) is 17.2. The van der Waals surface area contributed by atoms with Crippen molar-refractivity contribution in [2.75, 3.05) is 36.9 Å². The van der Waals surface area contributed by atoms with Gasteiger partial charge in [0.15, 0.2) is 6.61 Å². The number of methoxy groups -OCH3 is 1. The lowest BCUT2D eigenvalue weighted by molar-refractivity contribution is -0.122. The van der Waals surface area contributed by atoms with Gasteiger partial charge in [-0.25, -0.2) is 5.01 Å². The summed E-state index contributed by atoms with van der Waals surface area (Å²) in [6, 6.07) is 5.33. The highest BCUT2D eigenvalue weighted by atomic mass is 16.5. The molecule has 7 nitrogen and oxygen atoms in total. The van der Waals surface area contributed by atoms with Crippen molar-refractivity contribution in [3.63, 3.8) is 0 Å². The maximum Gasteiger partial charge on any atom is 0.266 e. The highest BCUT2D eigenvalue weighted by Gasteiger charge is 2.32. The number of para-hydroxylation sites is 1. The zero-order chi connectivity index (χ0) is 14.8. The zero-order valence-corrected chi connectivity index (χ0v) is 11.8. The van der Waals surface area contributed by atoms with E-state index >= 15 is 0 Å². The second-order valence-electron chi connectivity index (χ2n) is 5.26. The molecule has 1 fully saturated rings. The molecule has 0 aromatic heterocycles. The summed E-state index contributed by atoms with van der Waals surface area (Å²) in [7, 11) is 1.52. The Morgan fingerprint density at radius 1 is 1.48 bits per heavy atom. The van der Waals surface area contributed by atoms with Crippen molar-refractivity contribution < 1.29 is 14.3 Å². The SMILES string of the molecule is COCN1C(=O)COc2cccc(N(CC3CC3)N=O)c21. The first-order valence-corrected chi connectivity index (χ1v) is 6.90. The van der Waals surface area contributed by atoms with E-state index in [9.17, 15) is 9.70 Å². The van der Waals surface area contributed by atoms with Gasteiger partial charge in [0.1, 0.15) is 18.2 Å². The second-order valence-corrected chi connectivity index (χ2v) is 5.26. The number of hydrogen-bond donors (Lipinski definition) is 0. The smallest absolute Gasteiger partial charge is 0.266 e. The van der Waals surface area contributed by atoms with Crippen molar-refractivity contribution in [3.8, 4) is 5.75 Å². The minimum atomic E-state index is -0.200. The van der Waals surface area contributed by atoms with Gasteiger partial charge < -0.3 is 9.47 Å². The average molecular weight is 291 g/mol. The number of nitroso groups, excluding NO2 is 1. The Hall–Kier alpha value is -2.15. The lowest BCUT2D eigenvalue weighted by atomic mass is 10.2. The summed E-state index contributed by atoms with van der Waals surface area (Å²) in [6.07, 6.45) is 2.22. The zero-order valence-electron chi connectivity index (χ0n) is 11.8. The highest BCUT2D eigenvalue weighted by Crippen LogP contribution is 2.42. The van der Waals surface area contributed by atoms with Crippen LogP contribution in [0.1, 0.15) is 12.8 Å². The lowest BCUT2D eigenvalue weighted by Crippen LogP contribution is -2.41. The number of benzene rings is 1. The van der Waals surface area contributed by atoms with Gasteiger partial charge in [0.05, 0.1) is 11.0 Å². The summed E-state index contributed by atoms with van der Waals surface area (Å²) in [5.41, 5.74) is 1.13. The Morgan fingerprint density at radius 2 is 2.29 bits per heavy atom. The van der Waals surface area contributed by atoms with Gasteiger partial charge in [-0.05, 0) is 30.9 Å². The van der Waals surface area contributed by atoms with E-state index in [0.717, 1.165) is 12.8 Å². The summed E-state index contributed by atoms with van der Waals surface area (Å²) in [6.45, 7) is 0.647. The molecule has 0 radical (unpaired) electrons. The van der Waals surface area contributed by atoms with E-state index in [4.69, 9.17) is 9.47 Å². The van der Waals surface area contributed by atoms with Crippen LogP contribution in [0, 0.1) is 10.8 Å². The summed E-state index contributed by atoms with van der Waals surface area (Å²) < 4.78 is 10.5. The first-order chi connectivity index (χ1) is 10.2. The number of carbonyl (C=O) groups is 1. The Kier molecular flexibility index (Phi) is 3.74. The monoisotopic (exact) mass is 291 g/mol. The van der Waals surface area contributed by atoms with Gasteiger partial charge in [-0.1, -0.05) is 6.07 Å². The maximum absolute atomic E-state index is 12.0. The molecule has 1 aliphatic carbocycles. The van der Waals surface area contributed by atoms with Crippen LogP contribution in [0.5, 0.6) is 5.75 Å². The first kappa shape index (κ1) is 13.8. The molecule has 0 N–H and O–H groups in total. The summed E-state index contributed by atoms with van der Waals surface area (Å²) >= 11 is 0. The molecule has 0 saturated heterocycles. The van der Waals surface area contributed by atoms with E-state index in [1.54, 1.807) is 18.2 Å². The fourth-order valence-corrected chi connectivity index (χ4v) is 2.44. The van der Waals surface area contributed by atoms with Crippen LogP contribution in [0.25, 0.3) is 0 Å². The Balaban J connectivity index is 2.00. The van der Waals surface area contributed by atoms with Crippen molar-refractivity contribution in [1.29, 1.82) is 0 Å². The molecule has 0 unspecified atom stereocenters. The minimum Gasteiger partial charge on any atom is -0.481 e. The lowest BCUT2D eigenvalue weighted by Gasteiger charge is -2.32. The first-order valence-electron chi connectivity index (χ1n) is 6.90. The van der Waals surface area contributed by atoms with Crippen LogP contribution in [0.4, 0.5) is 11.4 Å². The fraction of sp³-hybridized carbons (Fsp3) is 0.500. The molecule has 1 heterocycles. The van der Waals surface area contributed by atoms with E-state index in [0.29, 0.717) is 29.6 Å². The average Bonchev–Trinajstić information content (AvgIpc) is 3.31. The maximum atomic E-state index is 12.0. The number of rotatable bonds is 6. The van der Waals surface area contributed by atoms with Gasteiger partial charge in [-0.15, -0.1) is 4.91 Å². The molecule has 1 amide bonds. The summed E-state index contributed by atoms with van der Waals surface area (Å²) in [5, 5.41) is 4.52. The Morgan fingerprint density at radius 3 is 2.95 bits per heavy atom. The van der Waals surface area contributed by atoms with Crippen LogP contribution >= 0.6 is 0 Å². The van der Waals surface area contributed by atoms with E-state index in [1.807, 2.05) is 0 Å². The van der Waals surface area contributed by atoms with Crippen LogP contribution < -0.4 is 14.6 Å². The summed E-state index contributed by atoms with van der Waals surface area (Å²) in [5.74, 6) is 0.859. The molecule has 112 valence electrons. The number of carbonyl (C=O) groups excluding carboxylic acids is 1. The van der Waals surface area contributed by atoms with E-state index in [1.165, 1.54) is 17.0 Å². The molecule has 1 aromatic rings. The summed E-state index contributed by atoms with van der Waals surface area (Å²) in [4.78, 5) is 24.7. The third-order valence-electron chi connectivity index (χ3n) is 3.66. The van der Waals surface area contributed by atoms with Crippen molar-refractivity contribution in [2.24, 2.45) is 11.2 Å². The molecular formula is C14H17N3O4. The van der Waals surface area contributed by atoms with E-state index < -0.39 is 0 Å². The molecule has 1 aliphatic heterocycles. The largest absolute Gasteiger partial charge is 0.481 e. The molecule has 21 heavy (non-hydrogen) atoms. The molecule has 0 bridgehead atoms. The third-order valence-corrected chi connectivity index (χ3v) is 3.66. The predicted molar refractivity (Wildman–Crippen MR) is 77.2 cm³/mol. The topological polar surface area (TPSA) is 71.4 Å². The molecule has 1 aromatic carbocycles. The number of anilines is 2. The van der Waals surface area contributed by atoms with Gasteiger partial charge in [0.25, 0.3) is 5.91 Å². The van der Waals surface area contributed by atoms with Crippen molar-refractivity contribution in [2.45, 2.75) is 12.8 Å². The Labute approximate surface area is 122 Å². The van der Waals surface area contributed by atoms with Gasteiger partial charge in [-0.3, -0.25) is 9.69 Å². The van der Waals surface area contributed by atoms with Crippen molar-refractivity contribution in [1.82, 2.24) is 0 Å². The number of ether oxygens (including phenoxy) is 2. The number of hydrogen-bond acceptors (Lipinski definition) is 5. The highest BCUT2D eigenvalue weighted by molar-refractivity contribution is 6.01. The fourth-order valence-electron chi connectivity index (χ4n) is 2.44. The van der Waals surface area contributed by atoms with Crippen LogP contribution in [0.2, 0.25) is 0 Å². The molecule has 2 aliphatic rings. The van der Waals surface area contributed by atoms with E-state index in [2.05, 4.69) is 5.29 Å². The van der Waals surface area contributed by atoms with Gasteiger partial charge in [-0.2, -0.15) is 0 Å². The molecule has 3 rings (SSSR count). The van der Waals surface area contributed by atoms with Crippen LogP contribution in [-0.4, -0.2) is 32.9 Å². The quantitative estimate of drug-likeness (QED) is 0.591. The van der Waals surface area contributed by atoms with Gasteiger partial charge >= 0.3 is 0 Å². The second kappa shape index (κ2) is 5.69. The van der Waals surface area contributed by atoms with Crippen LogP contribution in [0.3, 0.4) is 0 Å². The van der Waals surface area contributed by atoms with E-state index in [-0.39, 0.29) is 19.2 Å². The number of fused-ring (bicyclic) bond motifs is 1.